The largest absolute Gasteiger partial charge is 0.399 e. The van der Waals surface area contributed by atoms with E-state index in [0.29, 0.717) is 17.8 Å². The van der Waals surface area contributed by atoms with E-state index in [9.17, 15) is 9.59 Å². The topological polar surface area (TPSA) is 84.2 Å². The number of carbonyl (C=O) groups excluding carboxylic acids is 2. The maximum Gasteiger partial charge on any atom is 0.321 e. The predicted octanol–water partition coefficient (Wildman–Crippen LogP) is 2.22. The molecular formula is C16H17N3O2. The molecule has 0 saturated carbocycles. The van der Waals surface area contributed by atoms with Crippen LogP contribution in [0.5, 0.6) is 0 Å². The van der Waals surface area contributed by atoms with Crippen LogP contribution in [0.2, 0.25) is 0 Å². The minimum Gasteiger partial charge on any atom is -0.399 e. The van der Waals surface area contributed by atoms with Crippen molar-refractivity contribution in [2.75, 3.05) is 5.73 Å². The zero-order valence-corrected chi connectivity index (χ0v) is 11.7. The number of hydrogen-bond donors (Lipinski definition) is 3. The summed E-state index contributed by atoms with van der Waals surface area (Å²) in [7, 11) is 0. The maximum atomic E-state index is 11.8. The molecule has 0 aromatic heterocycles. The quantitative estimate of drug-likeness (QED) is 0.755. The van der Waals surface area contributed by atoms with Gasteiger partial charge >= 0.3 is 6.03 Å². The minimum atomic E-state index is -0.529. The number of carbonyl (C=O) groups is 2. The van der Waals surface area contributed by atoms with E-state index in [-0.39, 0.29) is 0 Å². The van der Waals surface area contributed by atoms with E-state index in [0.717, 1.165) is 11.1 Å². The van der Waals surface area contributed by atoms with Crippen molar-refractivity contribution in [2.45, 2.75) is 13.5 Å². The average Bonchev–Trinajstić information content (AvgIpc) is 2.46. The van der Waals surface area contributed by atoms with Crippen molar-refractivity contribution < 1.29 is 9.59 Å². The molecule has 0 atom stereocenters. The molecule has 0 aliphatic carbocycles. The SMILES string of the molecule is Cc1cccc(CNC(=O)NC(=O)c2ccc(N)cc2)c1. The summed E-state index contributed by atoms with van der Waals surface area (Å²) in [5.74, 6) is -0.461. The number of benzene rings is 2. The van der Waals surface area contributed by atoms with Gasteiger partial charge in [-0.25, -0.2) is 4.79 Å². The molecule has 0 aliphatic heterocycles. The van der Waals surface area contributed by atoms with Crippen molar-refractivity contribution in [3.63, 3.8) is 0 Å². The first-order valence-corrected chi connectivity index (χ1v) is 6.55. The fraction of sp³-hybridized carbons (Fsp3) is 0.125. The zero-order valence-electron chi connectivity index (χ0n) is 11.7. The summed E-state index contributed by atoms with van der Waals surface area (Å²) in [5.41, 5.74) is 8.59. The van der Waals surface area contributed by atoms with Gasteiger partial charge in [-0.2, -0.15) is 0 Å². The highest BCUT2D eigenvalue weighted by atomic mass is 16.2. The molecule has 5 heteroatoms. The van der Waals surface area contributed by atoms with E-state index >= 15 is 0 Å². The summed E-state index contributed by atoms with van der Waals surface area (Å²) in [5, 5.41) is 4.91. The fourth-order valence-corrected chi connectivity index (χ4v) is 1.86. The number of nitrogens with one attached hydrogen (secondary N) is 2. The molecule has 0 heterocycles. The average molecular weight is 283 g/mol. The number of rotatable bonds is 3. The number of nitrogen functional groups attached to an aromatic ring is 1. The van der Waals surface area contributed by atoms with Crippen molar-refractivity contribution in [3.8, 4) is 0 Å². The Morgan fingerprint density at radius 1 is 1.10 bits per heavy atom. The molecule has 0 unspecified atom stereocenters. The van der Waals surface area contributed by atoms with Crippen molar-refractivity contribution >= 4 is 17.6 Å². The van der Waals surface area contributed by atoms with Gasteiger partial charge in [-0.15, -0.1) is 0 Å². The molecule has 5 nitrogen and oxygen atoms in total. The van der Waals surface area contributed by atoms with Crippen LogP contribution in [0.1, 0.15) is 21.5 Å². The number of imide groups is 1. The lowest BCUT2D eigenvalue weighted by molar-refractivity contribution is 0.0964. The van der Waals surface area contributed by atoms with Gasteiger partial charge in [0.05, 0.1) is 0 Å². The van der Waals surface area contributed by atoms with E-state index in [1.165, 1.54) is 0 Å². The van der Waals surface area contributed by atoms with E-state index in [1.807, 2.05) is 31.2 Å². The van der Waals surface area contributed by atoms with Crippen LogP contribution in [0.3, 0.4) is 0 Å². The van der Waals surface area contributed by atoms with Crippen LogP contribution in [0.4, 0.5) is 10.5 Å². The molecule has 0 aliphatic rings. The van der Waals surface area contributed by atoms with Crippen LogP contribution in [0.25, 0.3) is 0 Å². The minimum absolute atomic E-state index is 0.364. The molecule has 0 fully saturated rings. The second kappa shape index (κ2) is 6.56. The van der Waals surface area contributed by atoms with Crippen LogP contribution >= 0.6 is 0 Å². The highest BCUT2D eigenvalue weighted by Crippen LogP contribution is 2.05. The molecule has 108 valence electrons. The summed E-state index contributed by atoms with van der Waals surface area (Å²) < 4.78 is 0. The molecular weight excluding hydrogens is 266 g/mol. The Morgan fingerprint density at radius 3 is 2.48 bits per heavy atom. The Balaban J connectivity index is 1.87. The Hall–Kier alpha value is -2.82. The normalized spacial score (nSPS) is 9.95. The summed E-state index contributed by atoms with van der Waals surface area (Å²) in [6.45, 7) is 2.34. The lowest BCUT2D eigenvalue weighted by atomic mass is 10.1. The van der Waals surface area contributed by atoms with Gasteiger partial charge in [0.25, 0.3) is 5.91 Å². The van der Waals surface area contributed by atoms with Crippen LogP contribution in [-0.4, -0.2) is 11.9 Å². The van der Waals surface area contributed by atoms with Crippen LogP contribution in [0.15, 0.2) is 48.5 Å². The number of aryl methyl sites for hydroxylation is 1. The van der Waals surface area contributed by atoms with Gasteiger partial charge in [0.2, 0.25) is 0 Å². The summed E-state index contributed by atoms with van der Waals surface area (Å²) in [6.07, 6.45) is 0. The van der Waals surface area contributed by atoms with Gasteiger partial charge < -0.3 is 11.1 Å². The molecule has 2 aromatic rings. The molecule has 4 N–H and O–H groups in total. The van der Waals surface area contributed by atoms with Crippen molar-refractivity contribution in [1.29, 1.82) is 0 Å². The molecule has 2 aromatic carbocycles. The van der Waals surface area contributed by atoms with Gasteiger partial charge in [0.1, 0.15) is 0 Å². The first-order chi connectivity index (χ1) is 10.0. The molecule has 0 spiro atoms. The Kier molecular flexibility index (Phi) is 4.56. The highest BCUT2D eigenvalue weighted by molar-refractivity contribution is 6.04. The van der Waals surface area contributed by atoms with Crippen LogP contribution < -0.4 is 16.4 Å². The molecule has 2 rings (SSSR count). The zero-order chi connectivity index (χ0) is 15.2. The Labute approximate surface area is 123 Å². The lowest BCUT2D eigenvalue weighted by Gasteiger charge is -2.07. The standard InChI is InChI=1S/C16H17N3O2/c1-11-3-2-4-12(9-11)10-18-16(21)19-15(20)13-5-7-14(17)8-6-13/h2-9H,10,17H2,1H3,(H2,18,19,20,21). The fourth-order valence-electron chi connectivity index (χ4n) is 1.86. The smallest absolute Gasteiger partial charge is 0.321 e. The van der Waals surface area contributed by atoms with E-state index in [1.54, 1.807) is 24.3 Å². The maximum absolute atomic E-state index is 11.8. The van der Waals surface area contributed by atoms with Crippen LogP contribution in [-0.2, 0) is 6.54 Å². The first-order valence-electron chi connectivity index (χ1n) is 6.55. The van der Waals surface area contributed by atoms with Gasteiger partial charge in [-0.05, 0) is 36.8 Å². The number of hydrogen-bond acceptors (Lipinski definition) is 3. The number of anilines is 1. The van der Waals surface area contributed by atoms with Gasteiger partial charge in [0, 0.05) is 17.8 Å². The predicted molar refractivity (Wildman–Crippen MR) is 81.7 cm³/mol. The second-order valence-electron chi connectivity index (χ2n) is 4.75. The summed E-state index contributed by atoms with van der Waals surface area (Å²) >= 11 is 0. The lowest BCUT2D eigenvalue weighted by Crippen LogP contribution is -2.39. The third kappa shape index (κ3) is 4.35. The molecule has 0 bridgehead atoms. The molecule has 21 heavy (non-hydrogen) atoms. The number of amides is 3. The van der Waals surface area contributed by atoms with Gasteiger partial charge in [-0.3, -0.25) is 10.1 Å². The highest BCUT2D eigenvalue weighted by Gasteiger charge is 2.09. The molecule has 0 saturated heterocycles. The summed E-state index contributed by atoms with van der Waals surface area (Å²) in [6, 6.07) is 13.6. The van der Waals surface area contributed by atoms with Crippen LogP contribution in [0, 0.1) is 6.92 Å². The van der Waals surface area contributed by atoms with Crippen molar-refractivity contribution in [2.24, 2.45) is 0 Å². The van der Waals surface area contributed by atoms with Crippen molar-refractivity contribution in [3.05, 3.63) is 65.2 Å². The number of nitrogens with two attached hydrogens (primary N) is 1. The monoisotopic (exact) mass is 283 g/mol. The van der Waals surface area contributed by atoms with Crippen molar-refractivity contribution in [1.82, 2.24) is 10.6 Å². The number of urea groups is 1. The first kappa shape index (κ1) is 14.6. The third-order valence-corrected chi connectivity index (χ3v) is 2.94. The second-order valence-corrected chi connectivity index (χ2v) is 4.75. The van der Waals surface area contributed by atoms with E-state index in [2.05, 4.69) is 10.6 Å². The van der Waals surface area contributed by atoms with E-state index in [4.69, 9.17) is 5.73 Å². The third-order valence-electron chi connectivity index (χ3n) is 2.94. The molecule has 3 amide bonds. The molecule has 0 radical (unpaired) electrons. The van der Waals surface area contributed by atoms with Gasteiger partial charge in [0.15, 0.2) is 0 Å². The summed E-state index contributed by atoms with van der Waals surface area (Å²) in [4.78, 5) is 23.5. The van der Waals surface area contributed by atoms with E-state index < -0.39 is 11.9 Å². The van der Waals surface area contributed by atoms with Gasteiger partial charge in [-0.1, -0.05) is 29.8 Å². The Morgan fingerprint density at radius 2 is 1.81 bits per heavy atom. The Bertz CT molecular complexity index is 651.